The van der Waals surface area contributed by atoms with Crippen LogP contribution in [0.15, 0.2) is 0 Å². The summed E-state index contributed by atoms with van der Waals surface area (Å²) in [4.78, 5) is 10.8. The largest absolute Gasteiger partial charge is 0.300 e. The van der Waals surface area contributed by atoms with Crippen molar-refractivity contribution in [2.75, 3.05) is 0 Å². The molecule has 0 bridgehead atoms. The molecule has 0 aliphatic rings. The van der Waals surface area contributed by atoms with Crippen LogP contribution in [0.3, 0.4) is 0 Å². The molecule has 1 atom stereocenters. The van der Waals surface area contributed by atoms with Crippen molar-refractivity contribution in [1.29, 1.82) is 0 Å². The summed E-state index contributed by atoms with van der Waals surface area (Å²) in [6, 6.07) is 0. The third-order valence-electron chi connectivity index (χ3n) is 0.952. The molecule has 48 valence electrons. The third-order valence-corrected chi connectivity index (χ3v) is 1.92. The van der Waals surface area contributed by atoms with Crippen LogP contribution in [0, 0.1) is 0 Å². The molecule has 0 radical (unpaired) electrons. The van der Waals surface area contributed by atoms with Gasteiger partial charge in [0, 0.05) is 11.2 Å². The molecule has 0 amide bonds. The Morgan fingerprint density at radius 1 is 1.75 bits per heavy atom. The molecule has 0 fully saturated rings. The van der Waals surface area contributed by atoms with E-state index in [1.165, 1.54) is 0 Å². The first-order valence-corrected chi connectivity index (χ1v) is 3.72. The molecule has 8 heavy (non-hydrogen) atoms. The second-order valence-corrected chi connectivity index (χ2v) is 3.21. The summed E-state index contributed by atoms with van der Waals surface area (Å²) in [7, 11) is 0. The molecular formula is C6H11BrO. The number of Topliss-reactive ketones (excluding diaryl/α,β-unsaturated/α-hetero) is 1. The summed E-state index contributed by atoms with van der Waals surface area (Å²) in [5.41, 5.74) is 0. The van der Waals surface area contributed by atoms with Crippen LogP contribution in [0.1, 0.15) is 26.7 Å². The Labute approximate surface area is 58.6 Å². The van der Waals surface area contributed by atoms with Crippen LogP contribution in [0.2, 0.25) is 0 Å². The quantitative estimate of drug-likeness (QED) is 0.606. The highest BCUT2D eigenvalue weighted by atomic mass is 79.9. The number of carbonyl (C=O) groups is 1. The first-order chi connectivity index (χ1) is 3.66. The van der Waals surface area contributed by atoms with E-state index in [-0.39, 0.29) is 5.78 Å². The number of hydrogen-bond acceptors (Lipinski definition) is 1. The van der Waals surface area contributed by atoms with Crippen molar-refractivity contribution in [1.82, 2.24) is 0 Å². The average molecular weight is 179 g/mol. The van der Waals surface area contributed by atoms with Gasteiger partial charge in [0.15, 0.2) is 0 Å². The molecule has 1 nitrogen and oxygen atoms in total. The predicted octanol–water partition coefficient (Wildman–Crippen LogP) is 2.14. The minimum absolute atomic E-state index is 0.258. The van der Waals surface area contributed by atoms with E-state index in [4.69, 9.17) is 0 Å². The molecule has 0 aliphatic heterocycles. The Bertz CT molecular complexity index is 80.6. The van der Waals surface area contributed by atoms with E-state index >= 15 is 0 Å². The molecule has 1 unspecified atom stereocenters. The van der Waals surface area contributed by atoms with Crippen molar-refractivity contribution in [2.45, 2.75) is 31.5 Å². The van der Waals surface area contributed by atoms with Gasteiger partial charge in [-0.25, -0.2) is 0 Å². The normalized spacial score (nSPS) is 13.4. The first kappa shape index (κ1) is 8.15. The third kappa shape index (κ3) is 4.31. The van der Waals surface area contributed by atoms with E-state index in [2.05, 4.69) is 22.9 Å². The van der Waals surface area contributed by atoms with Gasteiger partial charge in [0.25, 0.3) is 0 Å². The van der Waals surface area contributed by atoms with E-state index in [1.807, 2.05) is 0 Å². The predicted molar refractivity (Wildman–Crippen MR) is 38.3 cm³/mol. The van der Waals surface area contributed by atoms with Crippen LogP contribution in [-0.4, -0.2) is 10.6 Å². The van der Waals surface area contributed by atoms with Crippen LogP contribution in [0.4, 0.5) is 0 Å². The lowest BCUT2D eigenvalue weighted by Crippen LogP contribution is -2.01. The smallest absolute Gasteiger partial charge is 0.130 e. The van der Waals surface area contributed by atoms with Crippen molar-refractivity contribution in [2.24, 2.45) is 0 Å². The van der Waals surface area contributed by atoms with Crippen molar-refractivity contribution >= 4 is 21.7 Å². The molecule has 2 heteroatoms. The minimum Gasteiger partial charge on any atom is -0.300 e. The van der Waals surface area contributed by atoms with Crippen LogP contribution in [0.5, 0.6) is 0 Å². The highest BCUT2D eigenvalue weighted by Crippen LogP contribution is 2.08. The van der Waals surface area contributed by atoms with E-state index in [9.17, 15) is 4.79 Å². The standard InChI is InChI=1S/C6H11BrO/c1-3-6(7)4-5(2)8/h6H,3-4H2,1-2H3. The van der Waals surface area contributed by atoms with Gasteiger partial charge in [0.1, 0.15) is 5.78 Å². The fourth-order valence-corrected chi connectivity index (χ4v) is 0.912. The number of rotatable bonds is 3. The lowest BCUT2D eigenvalue weighted by atomic mass is 10.2. The maximum atomic E-state index is 10.4. The first-order valence-electron chi connectivity index (χ1n) is 2.80. The van der Waals surface area contributed by atoms with Gasteiger partial charge in [-0.1, -0.05) is 22.9 Å². The second kappa shape index (κ2) is 4.07. The van der Waals surface area contributed by atoms with Crippen LogP contribution >= 0.6 is 15.9 Å². The fourth-order valence-electron chi connectivity index (χ4n) is 0.456. The summed E-state index contributed by atoms with van der Waals surface area (Å²) in [6.45, 7) is 3.67. The summed E-state index contributed by atoms with van der Waals surface area (Å²) in [5, 5.41) is 0. The minimum atomic E-state index is 0.258. The monoisotopic (exact) mass is 178 g/mol. The van der Waals surface area contributed by atoms with Crippen LogP contribution in [-0.2, 0) is 4.79 Å². The Kier molecular flexibility index (Phi) is 4.15. The highest BCUT2D eigenvalue weighted by molar-refractivity contribution is 9.09. The number of carbonyl (C=O) groups excluding carboxylic acids is 1. The Balaban J connectivity index is 3.24. The maximum Gasteiger partial charge on any atom is 0.130 e. The van der Waals surface area contributed by atoms with Crippen molar-refractivity contribution < 1.29 is 4.79 Å². The van der Waals surface area contributed by atoms with Gasteiger partial charge in [-0.2, -0.15) is 0 Å². The molecule has 0 heterocycles. The molecule has 0 aromatic carbocycles. The number of alkyl halides is 1. The molecule has 0 rings (SSSR count). The maximum absolute atomic E-state index is 10.4. The fraction of sp³-hybridized carbons (Fsp3) is 0.833. The van der Waals surface area contributed by atoms with E-state index in [0.717, 1.165) is 6.42 Å². The Morgan fingerprint density at radius 3 is 2.38 bits per heavy atom. The Morgan fingerprint density at radius 2 is 2.25 bits per heavy atom. The Hall–Kier alpha value is 0.150. The summed E-state index contributed by atoms with van der Waals surface area (Å²) >= 11 is 3.36. The van der Waals surface area contributed by atoms with E-state index in [0.29, 0.717) is 11.2 Å². The number of halogens is 1. The zero-order valence-corrected chi connectivity index (χ0v) is 6.86. The van der Waals surface area contributed by atoms with Gasteiger partial charge in [0.05, 0.1) is 0 Å². The summed E-state index contributed by atoms with van der Waals surface area (Å²) in [6.07, 6.45) is 1.69. The SMILES string of the molecule is CCC(Br)CC(C)=O. The van der Waals surface area contributed by atoms with Gasteiger partial charge in [-0.15, -0.1) is 0 Å². The van der Waals surface area contributed by atoms with Crippen molar-refractivity contribution in [3.05, 3.63) is 0 Å². The number of hydrogen-bond donors (Lipinski definition) is 0. The second-order valence-electron chi connectivity index (χ2n) is 1.91. The lowest BCUT2D eigenvalue weighted by Gasteiger charge is -1.99. The zero-order valence-electron chi connectivity index (χ0n) is 5.28. The molecule has 0 saturated carbocycles. The van der Waals surface area contributed by atoms with Gasteiger partial charge in [0.2, 0.25) is 0 Å². The molecular weight excluding hydrogens is 168 g/mol. The molecule has 0 saturated heterocycles. The summed E-state index contributed by atoms with van der Waals surface area (Å²) < 4.78 is 0. The zero-order chi connectivity index (χ0) is 6.57. The van der Waals surface area contributed by atoms with E-state index < -0.39 is 0 Å². The molecule has 0 N–H and O–H groups in total. The van der Waals surface area contributed by atoms with Gasteiger partial charge < -0.3 is 0 Å². The number of ketones is 1. The highest BCUT2D eigenvalue weighted by Gasteiger charge is 2.02. The molecule has 0 aromatic heterocycles. The van der Waals surface area contributed by atoms with Crippen LogP contribution < -0.4 is 0 Å². The van der Waals surface area contributed by atoms with Crippen molar-refractivity contribution in [3.8, 4) is 0 Å². The molecule has 0 aromatic rings. The molecule has 0 spiro atoms. The van der Waals surface area contributed by atoms with Crippen molar-refractivity contribution in [3.63, 3.8) is 0 Å². The lowest BCUT2D eigenvalue weighted by molar-refractivity contribution is -0.116. The topological polar surface area (TPSA) is 17.1 Å². The van der Waals surface area contributed by atoms with Gasteiger partial charge >= 0.3 is 0 Å². The van der Waals surface area contributed by atoms with E-state index in [1.54, 1.807) is 6.92 Å². The molecule has 0 aliphatic carbocycles. The van der Waals surface area contributed by atoms with Gasteiger partial charge in [-0.3, -0.25) is 4.79 Å². The van der Waals surface area contributed by atoms with Gasteiger partial charge in [-0.05, 0) is 13.3 Å². The van der Waals surface area contributed by atoms with Crippen LogP contribution in [0.25, 0.3) is 0 Å². The average Bonchev–Trinajstić information content (AvgIpc) is 1.65. The summed E-state index contributed by atoms with van der Waals surface area (Å²) in [5.74, 6) is 0.258.